The number of thiophene rings is 1. The fourth-order valence-corrected chi connectivity index (χ4v) is 4.11. The van der Waals surface area contributed by atoms with Crippen molar-refractivity contribution in [2.45, 2.75) is 20.8 Å². The number of aryl methyl sites for hydroxylation is 3. The lowest BCUT2D eigenvalue weighted by Crippen LogP contribution is -2.33. The predicted octanol–water partition coefficient (Wildman–Crippen LogP) is 5.07. The van der Waals surface area contributed by atoms with Gasteiger partial charge in [-0.3, -0.25) is 9.59 Å². The zero-order chi connectivity index (χ0) is 19.8. The van der Waals surface area contributed by atoms with Crippen LogP contribution in [0.2, 0.25) is 0 Å². The monoisotopic (exact) mass is 388 g/mol. The molecule has 0 bridgehead atoms. The number of imide groups is 1. The molecule has 140 valence electrons. The van der Waals surface area contributed by atoms with E-state index in [1.54, 1.807) is 0 Å². The molecule has 1 aliphatic heterocycles. The van der Waals surface area contributed by atoms with Crippen LogP contribution >= 0.6 is 11.3 Å². The van der Waals surface area contributed by atoms with Gasteiger partial charge >= 0.3 is 0 Å². The van der Waals surface area contributed by atoms with Crippen LogP contribution in [0.25, 0.3) is 5.57 Å². The van der Waals surface area contributed by atoms with E-state index in [0.29, 0.717) is 17.0 Å². The molecular weight excluding hydrogens is 368 g/mol. The van der Waals surface area contributed by atoms with E-state index in [1.165, 1.54) is 16.2 Å². The smallest absolute Gasteiger partial charge is 0.282 e. The quantitative estimate of drug-likeness (QED) is 0.635. The van der Waals surface area contributed by atoms with Crippen LogP contribution in [0, 0.1) is 20.8 Å². The van der Waals surface area contributed by atoms with Crippen molar-refractivity contribution in [3.05, 3.63) is 87.2 Å². The summed E-state index contributed by atoms with van der Waals surface area (Å²) < 4.78 is 0. The average Bonchev–Trinajstić information content (AvgIpc) is 3.25. The predicted molar refractivity (Wildman–Crippen MR) is 114 cm³/mol. The molecule has 0 aliphatic carbocycles. The number of anilines is 2. The number of amides is 2. The molecule has 0 unspecified atom stereocenters. The first kappa shape index (κ1) is 18.2. The average molecular weight is 388 g/mol. The normalized spacial score (nSPS) is 14.2. The Labute approximate surface area is 168 Å². The molecule has 1 N–H and O–H groups in total. The second-order valence-corrected chi connectivity index (χ2v) is 7.91. The Hall–Kier alpha value is -3.18. The Kier molecular flexibility index (Phi) is 4.61. The van der Waals surface area contributed by atoms with Crippen molar-refractivity contribution in [1.29, 1.82) is 0 Å². The van der Waals surface area contributed by atoms with Crippen molar-refractivity contribution in [2.24, 2.45) is 0 Å². The Balaban J connectivity index is 1.83. The molecule has 0 saturated carbocycles. The highest BCUT2D eigenvalue weighted by Crippen LogP contribution is 2.36. The largest absolute Gasteiger partial charge is 0.350 e. The van der Waals surface area contributed by atoms with Gasteiger partial charge in [-0.05, 0) is 67.1 Å². The van der Waals surface area contributed by atoms with Crippen molar-refractivity contribution in [1.82, 2.24) is 0 Å². The summed E-state index contributed by atoms with van der Waals surface area (Å²) in [6.07, 6.45) is 0. The standard InChI is InChI=1S/C23H20N2O2S/c1-14-6-4-7-17(12-14)24-21-20(19-8-5-11-28-19)22(26)25(23(21)27)18-13-15(2)9-10-16(18)3/h4-13,24H,1-3H3. The van der Waals surface area contributed by atoms with Crippen LogP contribution in [0.4, 0.5) is 11.4 Å². The molecule has 0 spiro atoms. The summed E-state index contributed by atoms with van der Waals surface area (Å²) in [6, 6.07) is 17.3. The summed E-state index contributed by atoms with van der Waals surface area (Å²) in [4.78, 5) is 28.8. The van der Waals surface area contributed by atoms with Crippen LogP contribution in [-0.4, -0.2) is 11.8 Å². The molecule has 1 aliphatic rings. The molecule has 0 atom stereocenters. The van der Waals surface area contributed by atoms with Gasteiger partial charge in [-0.25, -0.2) is 4.90 Å². The maximum atomic E-state index is 13.4. The molecule has 1 aromatic heterocycles. The summed E-state index contributed by atoms with van der Waals surface area (Å²) in [5.41, 5.74) is 5.11. The van der Waals surface area contributed by atoms with E-state index in [9.17, 15) is 9.59 Å². The molecule has 2 heterocycles. The Morgan fingerprint density at radius 2 is 1.64 bits per heavy atom. The fraction of sp³-hybridized carbons (Fsp3) is 0.130. The van der Waals surface area contributed by atoms with E-state index in [0.717, 1.165) is 27.3 Å². The summed E-state index contributed by atoms with van der Waals surface area (Å²) >= 11 is 1.45. The number of nitrogens with zero attached hydrogens (tertiary/aromatic N) is 1. The second-order valence-electron chi connectivity index (χ2n) is 6.96. The highest BCUT2D eigenvalue weighted by atomic mass is 32.1. The third kappa shape index (κ3) is 3.14. The van der Waals surface area contributed by atoms with E-state index in [1.807, 2.05) is 80.7 Å². The third-order valence-electron chi connectivity index (χ3n) is 4.74. The zero-order valence-electron chi connectivity index (χ0n) is 15.9. The second kappa shape index (κ2) is 7.09. The zero-order valence-corrected chi connectivity index (χ0v) is 16.8. The summed E-state index contributed by atoms with van der Waals surface area (Å²) in [5, 5.41) is 5.12. The van der Waals surface area contributed by atoms with Crippen LogP contribution < -0.4 is 10.2 Å². The van der Waals surface area contributed by atoms with Gasteiger partial charge in [0.2, 0.25) is 0 Å². The van der Waals surface area contributed by atoms with Crippen molar-refractivity contribution in [3.63, 3.8) is 0 Å². The molecule has 28 heavy (non-hydrogen) atoms. The molecule has 0 radical (unpaired) electrons. The van der Waals surface area contributed by atoms with Gasteiger partial charge in [0.05, 0.1) is 11.3 Å². The molecule has 2 amide bonds. The van der Waals surface area contributed by atoms with E-state index in [2.05, 4.69) is 5.32 Å². The Morgan fingerprint density at radius 3 is 2.36 bits per heavy atom. The van der Waals surface area contributed by atoms with Crippen LogP contribution in [0.15, 0.2) is 65.7 Å². The van der Waals surface area contributed by atoms with Gasteiger partial charge in [0.25, 0.3) is 11.8 Å². The van der Waals surface area contributed by atoms with E-state index in [4.69, 9.17) is 0 Å². The highest BCUT2D eigenvalue weighted by Gasteiger charge is 2.41. The fourth-order valence-electron chi connectivity index (χ4n) is 3.34. The SMILES string of the molecule is Cc1cccc(NC2=C(c3cccs3)C(=O)N(c3cc(C)ccc3C)C2=O)c1. The molecular formula is C23H20N2O2S. The maximum Gasteiger partial charge on any atom is 0.282 e. The summed E-state index contributed by atoms with van der Waals surface area (Å²) in [5.74, 6) is -0.625. The van der Waals surface area contributed by atoms with Gasteiger partial charge in [-0.15, -0.1) is 11.3 Å². The maximum absolute atomic E-state index is 13.4. The number of nitrogens with one attached hydrogen (secondary N) is 1. The molecule has 5 heteroatoms. The van der Waals surface area contributed by atoms with E-state index >= 15 is 0 Å². The minimum absolute atomic E-state index is 0.295. The van der Waals surface area contributed by atoms with Gasteiger partial charge in [0, 0.05) is 10.6 Å². The molecule has 0 fully saturated rings. The number of hydrogen-bond acceptors (Lipinski definition) is 4. The number of hydrogen-bond donors (Lipinski definition) is 1. The first-order chi connectivity index (χ1) is 13.5. The molecule has 0 saturated heterocycles. The number of benzene rings is 2. The van der Waals surface area contributed by atoms with Crippen LogP contribution in [0.1, 0.15) is 21.6 Å². The Bertz CT molecular complexity index is 1110. The van der Waals surface area contributed by atoms with Crippen LogP contribution in [-0.2, 0) is 9.59 Å². The van der Waals surface area contributed by atoms with Crippen molar-refractivity contribution < 1.29 is 9.59 Å². The van der Waals surface area contributed by atoms with Gasteiger partial charge in [-0.1, -0.05) is 30.3 Å². The first-order valence-corrected chi connectivity index (χ1v) is 9.91. The van der Waals surface area contributed by atoms with Crippen LogP contribution in [0.3, 0.4) is 0 Å². The lowest BCUT2D eigenvalue weighted by molar-refractivity contribution is -0.120. The van der Waals surface area contributed by atoms with Gasteiger partial charge < -0.3 is 5.32 Å². The van der Waals surface area contributed by atoms with Crippen LogP contribution in [0.5, 0.6) is 0 Å². The summed E-state index contributed by atoms with van der Waals surface area (Å²) in [7, 11) is 0. The van der Waals surface area contributed by atoms with Gasteiger partial charge in [0.1, 0.15) is 5.70 Å². The van der Waals surface area contributed by atoms with Crippen molar-refractivity contribution in [3.8, 4) is 0 Å². The van der Waals surface area contributed by atoms with Gasteiger partial charge in [0.15, 0.2) is 0 Å². The molecule has 4 nitrogen and oxygen atoms in total. The van der Waals surface area contributed by atoms with Crippen molar-refractivity contribution in [2.75, 3.05) is 10.2 Å². The molecule has 3 aromatic rings. The van der Waals surface area contributed by atoms with E-state index < -0.39 is 0 Å². The first-order valence-electron chi connectivity index (χ1n) is 9.03. The number of carbonyl (C=O) groups is 2. The molecule has 4 rings (SSSR count). The lowest BCUT2D eigenvalue weighted by Gasteiger charge is -2.18. The minimum Gasteiger partial charge on any atom is -0.350 e. The number of rotatable bonds is 4. The van der Waals surface area contributed by atoms with Crippen molar-refractivity contribution >= 4 is 40.1 Å². The minimum atomic E-state index is -0.330. The van der Waals surface area contributed by atoms with Gasteiger partial charge in [-0.2, -0.15) is 0 Å². The topological polar surface area (TPSA) is 49.4 Å². The Morgan fingerprint density at radius 1 is 0.857 bits per heavy atom. The summed E-state index contributed by atoms with van der Waals surface area (Å²) in [6.45, 7) is 5.85. The van der Waals surface area contributed by atoms with E-state index in [-0.39, 0.29) is 11.8 Å². The highest BCUT2D eigenvalue weighted by molar-refractivity contribution is 7.11. The number of carbonyl (C=O) groups excluding carboxylic acids is 2. The third-order valence-corrected chi connectivity index (χ3v) is 5.63. The lowest BCUT2D eigenvalue weighted by atomic mass is 10.1. The molecule has 2 aromatic carbocycles.